The lowest BCUT2D eigenvalue weighted by Gasteiger charge is -2.45. The SMILES string of the molecule is Cc1cc2c3c(c1)N(c1ccc(C(C)(C)C)cc1-c1cccc(C(C)(C)C)c1)c1cc4c(cc1B3c1cc(C(C)(C)C)ccc1N2c1ccc(C(C)(C)C)cc1)CC(C)(C)C4. The van der Waals surface area contributed by atoms with Gasteiger partial charge in [-0.15, -0.1) is 0 Å². The molecule has 0 saturated heterocycles. The summed E-state index contributed by atoms with van der Waals surface area (Å²) in [6, 6.07) is 43.6. The second-order valence-corrected chi connectivity index (χ2v) is 23.7. The van der Waals surface area contributed by atoms with E-state index in [2.05, 4.69) is 223 Å². The highest BCUT2D eigenvalue weighted by atomic mass is 15.2. The summed E-state index contributed by atoms with van der Waals surface area (Å²) in [5.41, 5.74) is 24.3. The number of benzene rings is 6. The maximum absolute atomic E-state index is 2.67. The van der Waals surface area contributed by atoms with Crippen molar-refractivity contribution in [2.45, 2.75) is 138 Å². The molecule has 2 heterocycles. The first kappa shape index (κ1) is 41.3. The fourth-order valence-electron chi connectivity index (χ4n) is 10.4. The predicted octanol–water partition coefficient (Wildman–Crippen LogP) is 14.1. The Kier molecular flexibility index (Phi) is 9.31. The summed E-state index contributed by atoms with van der Waals surface area (Å²) in [5.74, 6) is 0. The molecular weight excluding hydrogens is 735 g/mol. The molecule has 312 valence electrons. The van der Waals surface area contributed by atoms with Crippen LogP contribution in [0.4, 0.5) is 34.1 Å². The Labute approximate surface area is 368 Å². The molecular formula is C58H67BN2. The summed E-state index contributed by atoms with van der Waals surface area (Å²) in [4.78, 5) is 5.25. The molecule has 3 aliphatic rings. The smallest absolute Gasteiger partial charge is 0.252 e. The van der Waals surface area contributed by atoms with Crippen molar-refractivity contribution in [2.24, 2.45) is 5.41 Å². The van der Waals surface area contributed by atoms with Crippen LogP contribution in [0.5, 0.6) is 0 Å². The van der Waals surface area contributed by atoms with Crippen LogP contribution in [0.1, 0.15) is 136 Å². The molecule has 0 aromatic heterocycles. The number of fused-ring (bicyclic) bond motifs is 5. The van der Waals surface area contributed by atoms with Gasteiger partial charge in [0, 0.05) is 34.0 Å². The van der Waals surface area contributed by atoms with E-state index >= 15 is 0 Å². The highest BCUT2D eigenvalue weighted by Gasteiger charge is 2.45. The van der Waals surface area contributed by atoms with Gasteiger partial charge in [0.2, 0.25) is 0 Å². The van der Waals surface area contributed by atoms with Crippen LogP contribution in [-0.2, 0) is 34.5 Å². The first-order chi connectivity index (χ1) is 28.4. The van der Waals surface area contributed by atoms with Crippen molar-refractivity contribution in [3.8, 4) is 11.1 Å². The van der Waals surface area contributed by atoms with E-state index in [1.807, 2.05) is 0 Å². The normalized spacial score (nSPS) is 15.7. The van der Waals surface area contributed by atoms with E-state index in [1.54, 1.807) is 0 Å². The van der Waals surface area contributed by atoms with Gasteiger partial charge in [-0.2, -0.15) is 0 Å². The van der Waals surface area contributed by atoms with E-state index < -0.39 is 0 Å². The Morgan fingerprint density at radius 2 is 0.967 bits per heavy atom. The van der Waals surface area contributed by atoms with Crippen LogP contribution < -0.4 is 26.2 Å². The van der Waals surface area contributed by atoms with Crippen molar-refractivity contribution < 1.29 is 0 Å². The van der Waals surface area contributed by atoms with Crippen molar-refractivity contribution >= 4 is 57.2 Å². The zero-order valence-electron chi connectivity index (χ0n) is 39.8. The van der Waals surface area contributed by atoms with E-state index in [0.29, 0.717) is 0 Å². The van der Waals surface area contributed by atoms with Gasteiger partial charge in [0.05, 0.1) is 5.69 Å². The molecule has 0 amide bonds. The molecule has 0 bridgehead atoms. The minimum absolute atomic E-state index is 0.00137. The largest absolute Gasteiger partial charge is 0.311 e. The molecule has 0 unspecified atom stereocenters. The molecule has 1 aliphatic carbocycles. The van der Waals surface area contributed by atoms with E-state index in [-0.39, 0.29) is 33.8 Å². The van der Waals surface area contributed by atoms with Crippen LogP contribution >= 0.6 is 0 Å². The molecule has 2 aliphatic heterocycles. The van der Waals surface area contributed by atoms with Gasteiger partial charge in [-0.05, 0) is 156 Å². The molecule has 0 spiro atoms. The van der Waals surface area contributed by atoms with Gasteiger partial charge in [0.1, 0.15) is 0 Å². The summed E-state index contributed by atoms with van der Waals surface area (Å²) < 4.78 is 0. The van der Waals surface area contributed by atoms with E-state index in [9.17, 15) is 0 Å². The molecule has 0 saturated carbocycles. The third kappa shape index (κ3) is 7.15. The maximum atomic E-state index is 2.67. The Morgan fingerprint density at radius 1 is 0.459 bits per heavy atom. The maximum Gasteiger partial charge on any atom is 0.252 e. The van der Waals surface area contributed by atoms with Crippen LogP contribution in [0.15, 0.2) is 109 Å². The molecule has 0 radical (unpaired) electrons. The Balaban J connectivity index is 1.39. The van der Waals surface area contributed by atoms with E-state index in [4.69, 9.17) is 0 Å². The molecule has 6 aromatic rings. The van der Waals surface area contributed by atoms with Gasteiger partial charge < -0.3 is 9.80 Å². The van der Waals surface area contributed by atoms with Gasteiger partial charge in [0.25, 0.3) is 6.71 Å². The van der Waals surface area contributed by atoms with Crippen molar-refractivity contribution in [3.05, 3.63) is 148 Å². The van der Waals surface area contributed by atoms with Gasteiger partial charge in [-0.3, -0.25) is 0 Å². The Bertz CT molecular complexity index is 2720. The molecule has 0 atom stereocenters. The number of aryl methyl sites for hydroxylation is 1. The number of anilines is 6. The van der Waals surface area contributed by atoms with Gasteiger partial charge in [-0.1, -0.05) is 158 Å². The Hall–Kier alpha value is -5.02. The van der Waals surface area contributed by atoms with E-state index in [1.165, 1.54) is 101 Å². The molecule has 6 aromatic carbocycles. The lowest BCUT2D eigenvalue weighted by Crippen LogP contribution is -2.61. The first-order valence-electron chi connectivity index (χ1n) is 22.8. The van der Waals surface area contributed by atoms with Crippen molar-refractivity contribution in [2.75, 3.05) is 9.80 Å². The fraction of sp³-hybridized carbons (Fsp3) is 0.379. The minimum Gasteiger partial charge on any atom is -0.311 e. The summed E-state index contributed by atoms with van der Waals surface area (Å²) in [6.07, 6.45) is 2.19. The number of rotatable bonds is 3. The predicted molar refractivity (Wildman–Crippen MR) is 267 cm³/mol. The molecule has 0 N–H and O–H groups in total. The monoisotopic (exact) mass is 803 g/mol. The zero-order chi connectivity index (χ0) is 43.8. The topological polar surface area (TPSA) is 6.48 Å². The zero-order valence-corrected chi connectivity index (χ0v) is 39.8. The second kappa shape index (κ2) is 13.7. The number of nitrogens with zero attached hydrogens (tertiary/aromatic N) is 2. The molecule has 61 heavy (non-hydrogen) atoms. The number of hydrogen-bond donors (Lipinski definition) is 0. The average Bonchev–Trinajstić information content (AvgIpc) is 3.47. The van der Waals surface area contributed by atoms with E-state index in [0.717, 1.165) is 12.8 Å². The third-order valence-electron chi connectivity index (χ3n) is 13.9. The lowest BCUT2D eigenvalue weighted by molar-refractivity contribution is 0.392. The van der Waals surface area contributed by atoms with Crippen molar-refractivity contribution in [1.29, 1.82) is 0 Å². The summed E-state index contributed by atoms with van der Waals surface area (Å²) in [5, 5.41) is 0. The first-order valence-corrected chi connectivity index (χ1v) is 22.8. The third-order valence-corrected chi connectivity index (χ3v) is 13.9. The lowest BCUT2D eigenvalue weighted by atomic mass is 9.33. The standard InChI is InChI=1S/C58H67BN2/c1-36-27-51-53-52(28-36)61(48-25-21-42(56(8,9)10)32-45(48)37-17-16-18-41(29-37)55(5,6)7)50-31-39-35-58(14,15)34-38(39)30-46(50)59(53)47-33-43(57(11,12)13)22-26-49(47)60(51)44-23-19-40(20-24-44)54(2,3)4/h16-33H,34-35H2,1-15H3. The highest BCUT2D eigenvalue weighted by Crippen LogP contribution is 2.50. The summed E-state index contributed by atoms with van der Waals surface area (Å²) >= 11 is 0. The van der Waals surface area contributed by atoms with Crippen molar-refractivity contribution in [3.63, 3.8) is 0 Å². The Morgan fingerprint density at radius 3 is 1.57 bits per heavy atom. The molecule has 0 fully saturated rings. The van der Waals surface area contributed by atoms with Crippen LogP contribution in [0, 0.1) is 12.3 Å². The summed E-state index contributed by atoms with van der Waals surface area (Å²) in [6.45, 7) is 35.2. The van der Waals surface area contributed by atoms with Crippen LogP contribution in [-0.4, -0.2) is 6.71 Å². The van der Waals surface area contributed by atoms with Gasteiger partial charge >= 0.3 is 0 Å². The van der Waals surface area contributed by atoms with Gasteiger partial charge in [-0.25, -0.2) is 0 Å². The fourth-order valence-corrected chi connectivity index (χ4v) is 10.4. The van der Waals surface area contributed by atoms with Crippen LogP contribution in [0.25, 0.3) is 11.1 Å². The average molecular weight is 803 g/mol. The second-order valence-electron chi connectivity index (χ2n) is 23.7. The number of hydrogen-bond acceptors (Lipinski definition) is 2. The molecule has 9 rings (SSSR count). The van der Waals surface area contributed by atoms with Crippen LogP contribution in [0.2, 0.25) is 0 Å². The van der Waals surface area contributed by atoms with Crippen molar-refractivity contribution in [1.82, 2.24) is 0 Å². The molecule has 3 heteroatoms. The minimum atomic E-state index is -0.00770. The van der Waals surface area contributed by atoms with Crippen LogP contribution in [0.3, 0.4) is 0 Å². The highest BCUT2D eigenvalue weighted by molar-refractivity contribution is 7.00. The summed E-state index contributed by atoms with van der Waals surface area (Å²) in [7, 11) is 0. The molecule has 2 nitrogen and oxygen atoms in total. The van der Waals surface area contributed by atoms with Gasteiger partial charge in [0.15, 0.2) is 0 Å². The quantitative estimate of drug-likeness (QED) is 0.164.